The number of phenols is 1. The number of aromatic hydroxyl groups is 1. The van der Waals surface area contributed by atoms with Gasteiger partial charge in [0.2, 0.25) is 0 Å². The van der Waals surface area contributed by atoms with Crippen LogP contribution in [0.4, 0.5) is 0 Å². The van der Waals surface area contributed by atoms with Crippen molar-refractivity contribution in [1.82, 2.24) is 5.32 Å². The molecule has 0 radical (unpaired) electrons. The first-order valence-corrected chi connectivity index (χ1v) is 9.90. The van der Waals surface area contributed by atoms with E-state index in [9.17, 15) is 15.0 Å². The summed E-state index contributed by atoms with van der Waals surface area (Å²) >= 11 is 0. The summed E-state index contributed by atoms with van der Waals surface area (Å²) in [6.07, 6.45) is 0.148. The van der Waals surface area contributed by atoms with E-state index in [1.807, 2.05) is 26.8 Å². The number of carbonyl (C=O) groups excluding carboxylic acids is 1. The molecule has 0 aromatic heterocycles. The fourth-order valence-electron chi connectivity index (χ4n) is 3.12. The Labute approximate surface area is 172 Å². The number of aryl methyl sites for hydroxylation is 2. The van der Waals surface area contributed by atoms with Crippen LogP contribution < -0.4 is 10.1 Å². The number of aliphatic hydroxyl groups excluding tert-OH is 1. The Bertz CT molecular complexity index is 804. The smallest absolute Gasteiger partial charge is 0.344 e. The van der Waals surface area contributed by atoms with Gasteiger partial charge in [0.25, 0.3) is 0 Å². The molecule has 0 saturated heterocycles. The lowest BCUT2D eigenvalue weighted by molar-refractivity contribution is -0.145. The van der Waals surface area contributed by atoms with Crippen molar-refractivity contribution in [3.8, 4) is 11.5 Å². The van der Waals surface area contributed by atoms with Crippen molar-refractivity contribution in [1.29, 1.82) is 0 Å². The third-order valence-electron chi connectivity index (χ3n) is 4.85. The number of hydrogen-bond acceptors (Lipinski definition) is 6. The van der Waals surface area contributed by atoms with Gasteiger partial charge in [-0.3, -0.25) is 0 Å². The Morgan fingerprint density at radius 1 is 1.14 bits per heavy atom. The van der Waals surface area contributed by atoms with Crippen LogP contribution in [0.2, 0.25) is 0 Å². The number of phenolic OH excluding ortho intramolecular Hbond substituents is 1. The number of esters is 1. The molecule has 1 unspecified atom stereocenters. The number of benzene rings is 2. The lowest BCUT2D eigenvalue weighted by Crippen LogP contribution is -2.33. The summed E-state index contributed by atoms with van der Waals surface area (Å²) < 4.78 is 10.5. The zero-order valence-electron chi connectivity index (χ0n) is 17.6. The van der Waals surface area contributed by atoms with Crippen molar-refractivity contribution >= 4 is 5.97 Å². The second-order valence-electron chi connectivity index (χ2n) is 7.17. The number of rotatable bonds is 10. The third-order valence-corrected chi connectivity index (χ3v) is 4.85. The second kappa shape index (κ2) is 10.8. The van der Waals surface area contributed by atoms with Crippen LogP contribution in [-0.4, -0.2) is 42.0 Å². The molecule has 0 aliphatic rings. The Balaban J connectivity index is 1.89. The minimum Gasteiger partial charge on any atom is -0.508 e. The van der Waals surface area contributed by atoms with E-state index in [1.54, 1.807) is 31.2 Å². The molecule has 0 aliphatic carbocycles. The lowest BCUT2D eigenvalue weighted by atomic mass is 10.0. The van der Waals surface area contributed by atoms with Crippen LogP contribution in [0.15, 0.2) is 36.4 Å². The molecule has 0 saturated carbocycles. The number of ether oxygens (including phenoxy) is 2. The molecule has 2 atom stereocenters. The van der Waals surface area contributed by atoms with Gasteiger partial charge in [-0.2, -0.15) is 0 Å². The monoisotopic (exact) mass is 401 g/mol. The molecule has 0 fully saturated rings. The predicted octanol–water partition coefficient (Wildman–Crippen LogP) is 3.21. The summed E-state index contributed by atoms with van der Waals surface area (Å²) in [4.78, 5) is 11.5. The standard InChI is InChI=1S/C23H31NO5/c1-5-28-22(26)14-29-21-13-15(2)19(12-16(21)3)10-11-24-17(4)23(27)18-6-8-20(25)9-7-18/h6-9,12-13,17,23-25,27H,5,10-11,14H2,1-4H3/t17?,23-/m0/s1. The van der Waals surface area contributed by atoms with Crippen molar-refractivity contribution in [3.05, 3.63) is 58.7 Å². The first-order chi connectivity index (χ1) is 13.8. The summed E-state index contributed by atoms with van der Waals surface area (Å²) in [5, 5.41) is 23.2. The second-order valence-corrected chi connectivity index (χ2v) is 7.17. The van der Waals surface area contributed by atoms with Crippen LogP contribution in [0.5, 0.6) is 11.5 Å². The molecule has 3 N–H and O–H groups in total. The molecule has 6 nitrogen and oxygen atoms in total. The zero-order valence-corrected chi connectivity index (χ0v) is 17.6. The third kappa shape index (κ3) is 6.76. The minimum absolute atomic E-state index is 0.0955. The summed E-state index contributed by atoms with van der Waals surface area (Å²) in [7, 11) is 0. The van der Waals surface area contributed by atoms with Gasteiger partial charge in [0.1, 0.15) is 11.5 Å². The largest absolute Gasteiger partial charge is 0.508 e. The normalized spacial score (nSPS) is 13.0. The maximum Gasteiger partial charge on any atom is 0.344 e. The molecule has 2 aromatic rings. The Hall–Kier alpha value is -2.57. The molecule has 29 heavy (non-hydrogen) atoms. The predicted molar refractivity (Wildman–Crippen MR) is 112 cm³/mol. The van der Waals surface area contributed by atoms with Crippen LogP contribution in [0, 0.1) is 13.8 Å². The van der Waals surface area contributed by atoms with Crippen molar-refractivity contribution in [2.75, 3.05) is 19.8 Å². The molecule has 0 bridgehead atoms. The highest BCUT2D eigenvalue weighted by Crippen LogP contribution is 2.24. The Morgan fingerprint density at radius 2 is 1.83 bits per heavy atom. The van der Waals surface area contributed by atoms with Gasteiger partial charge in [-0.05, 0) is 81.1 Å². The maximum atomic E-state index is 11.5. The molecule has 0 spiro atoms. The van der Waals surface area contributed by atoms with E-state index >= 15 is 0 Å². The molecule has 158 valence electrons. The van der Waals surface area contributed by atoms with Gasteiger partial charge in [-0.15, -0.1) is 0 Å². The summed E-state index contributed by atoms with van der Waals surface area (Å²) in [6, 6.07) is 10.5. The van der Waals surface area contributed by atoms with E-state index in [0.29, 0.717) is 18.9 Å². The van der Waals surface area contributed by atoms with Crippen molar-refractivity contribution in [2.45, 2.75) is 46.3 Å². The van der Waals surface area contributed by atoms with Crippen molar-refractivity contribution in [3.63, 3.8) is 0 Å². The summed E-state index contributed by atoms with van der Waals surface area (Å²) in [5.74, 6) is 0.490. The number of hydrogen-bond donors (Lipinski definition) is 3. The molecular weight excluding hydrogens is 370 g/mol. The van der Waals surface area contributed by atoms with Gasteiger partial charge in [-0.1, -0.05) is 18.2 Å². The number of nitrogens with one attached hydrogen (secondary N) is 1. The first kappa shape index (κ1) is 22.7. The van der Waals surface area contributed by atoms with Gasteiger partial charge in [-0.25, -0.2) is 4.79 Å². The van der Waals surface area contributed by atoms with Gasteiger partial charge in [0.15, 0.2) is 6.61 Å². The Kier molecular flexibility index (Phi) is 8.49. The van der Waals surface area contributed by atoms with Gasteiger partial charge in [0.05, 0.1) is 12.7 Å². The average molecular weight is 402 g/mol. The molecule has 2 aromatic carbocycles. The van der Waals surface area contributed by atoms with Gasteiger partial charge < -0.3 is 25.0 Å². The van der Waals surface area contributed by atoms with E-state index in [-0.39, 0.29) is 24.4 Å². The van der Waals surface area contributed by atoms with Crippen LogP contribution >= 0.6 is 0 Å². The van der Waals surface area contributed by atoms with Crippen molar-refractivity contribution < 1.29 is 24.5 Å². The molecular formula is C23H31NO5. The van der Waals surface area contributed by atoms with Crippen molar-refractivity contribution in [2.24, 2.45) is 0 Å². The van der Waals surface area contributed by atoms with Crippen LogP contribution in [0.3, 0.4) is 0 Å². The fourth-order valence-corrected chi connectivity index (χ4v) is 3.12. The fraction of sp³-hybridized carbons (Fsp3) is 0.435. The minimum atomic E-state index is -0.655. The summed E-state index contributed by atoms with van der Waals surface area (Å²) in [6.45, 7) is 8.62. The van der Waals surface area contributed by atoms with Crippen LogP contribution in [0.1, 0.15) is 42.2 Å². The van der Waals surface area contributed by atoms with E-state index in [0.717, 1.165) is 23.1 Å². The van der Waals surface area contributed by atoms with E-state index in [2.05, 4.69) is 11.4 Å². The highest BCUT2D eigenvalue weighted by atomic mass is 16.6. The average Bonchev–Trinajstić information content (AvgIpc) is 2.69. The summed E-state index contributed by atoms with van der Waals surface area (Å²) in [5.41, 5.74) is 4.00. The maximum absolute atomic E-state index is 11.5. The van der Waals surface area contributed by atoms with E-state index in [1.165, 1.54) is 5.56 Å². The Morgan fingerprint density at radius 3 is 2.48 bits per heavy atom. The molecule has 0 aliphatic heterocycles. The number of aliphatic hydroxyl groups is 1. The van der Waals surface area contributed by atoms with Crippen LogP contribution in [-0.2, 0) is 16.0 Å². The van der Waals surface area contributed by atoms with Gasteiger partial charge in [0, 0.05) is 6.04 Å². The highest BCUT2D eigenvalue weighted by molar-refractivity contribution is 5.71. The van der Waals surface area contributed by atoms with E-state index in [4.69, 9.17) is 9.47 Å². The van der Waals surface area contributed by atoms with E-state index < -0.39 is 6.10 Å². The molecule has 2 rings (SSSR count). The molecule has 6 heteroatoms. The number of carbonyl (C=O) groups is 1. The zero-order chi connectivity index (χ0) is 21.4. The SMILES string of the molecule is CCOC(=O)COc1cc(C)c(CCNC(C)[C@H](O)c2ccc(O)cc2)cc1C. The lowest BCUT2D eigenvalue weighted by Gasteiger charge is -2.21. The topological polar surface area (TPSA) is 88.0 Å². The molecule has 0 heterocycles. The van der Waals surface area contributed by atoms with Crippen LogP contribution in [0.25, 0.3) is 0 Å². The molecule has 0 amide bonds. The van der Waals surface area contributed by atoms with Gasteiger partial charge >= 0.3 is 5.97 Å². The highest BCUT2D eigenvalue weighted by Gasteiger charge is 2.16. The quantitative estimate of drug-likeness (QED) is 0.530. The first-order valence-electron chi connectivity index (χ1n) is 9.90.